The molecular weight excluding hydrogens is 310 g/mol. The molecule has 1 saturated heterocycles. The number of aryl methyl sites for hydroxylation is 2. The Morgan fingerprint density at radius 3 is 2.83 bits per heavy atom. The molecule has 2 amide bonds. The predicted molar refractivity (Wildman–Crippen MR) is 95.8 cm³/mol. The van der Waals surface area contributed by atoms with Gasteiger partial charge in [-0.25, -0.2) is 0 Å². The van der Waals surface area contributed by atoms with Crippen LogP contribution in [0.1, 0.15) is 31.4 Å². The zero-order valence-corrected chi connectivity index (χ0v) is 14.8. The number of benzene rings is 1. The molecule has 5 nitrogen and oxygen atoms in total. The number of nitrogens with one attached hydrogen (secondary N) is 2. The minimum Gasteiger partial charge on any atom is -0.326 e. The highest BCUT2D eigenvalue weighted by Crippen LogP contribution is 2.24. The third-order valence-corrected chi connectivity index (χ3v) is 4.53. The highest BCUT2D eigenvalue weighted by Gasteiger charge is 2.32. The molecule has 0 saturated carbocycles. The van der Waals surface area contributed by atoms with E-state index in [0.29, 0.717) is 17.6 Å². The number of amides is 2. The normalized spacial score (nSPS) is 19.3. The van der Waals surface area contributed by atoms with Gasteiger partial charge in [-0.3, -0.25) is 14.6 Å². The van der Waals surface area contributed by atoms with E-state index < -0.39 is 5.25 Å². The Morgan fingerprint density at radius 2 is 2.13 bits per heavy atom. The average Bonchev–Trinajstić information content (AvgIpc) is 2.81. The minimum atomic E-state index is -0.411. The van der Waals surface area contributed by atoms with Gasteiger partial charge in [0, 0.05) is 18.7 Å². The minimum absolute atomic E-state index is 0.143. The first kappa shape index (κ1) is 17.5. The second kappa shape index (κ2) is 7.64. The van der Waals surface area contributed by atoms with Crippen molar-refractivity contribution in [3.05, 3.63) is 29.3 Å². The molecule has 23 heavy (non-hydrogen) atoms. The monoisotopic (exact) mass is 333 g/mol. The molecule has 0 aliphatic carbocycles. The highest BCUT2D eigenvalue weighted by atomic mass is 32.2. The highest BCUT2D eigenvalue weighted by molar-refractivity contribution is 8.15. The Morgan fingerprint density at radius 1 is 1.39 bits per heavy atom. The van der Waals surface area contributed by atoms with E-state index in [4.69, 9.17) is 0 Å². The number of aliphatic imine (C=N–C) groups is 1. The van der Waals surface area contributed by atoms with Crippen LogP contribution < -0.4 is 10.6 Å². The van der Waals surface area contributed by atoms with Gasteiger partial charge in [0.1, 0.15) is 5.25 Å². The van der Waals surface area contributed by atoms with E-state index in [-0.39, 0.29) is 18.2 Å². The summed E-state index contributed by atoms with van der Waals surface area (Å²) in [7, 11) is 0. The lowest BCUT2D eigenvalue weighted by Crippen LogP contribution is -2.28. The lowest BCUT2D eigenvalue weighted by atomic mass is 10.1. The second-order valence-electron chi connectivity index (χ2n) is 6.21. The number of nitrogens with zero attached hydrogens (tertiary/aromatic N) is 1. The Labute approximate surface area is 141 Å². The number of amidine groups is 1. The summed E-state index contributed by atoms with van der Waals surface area (Å²) in [4.78, 5) is 28.5. The summed E-state index contributed by atoms with van der Waals surface area (Å²) in [6.07, 6.45) is 0.143. The summed E-state index contributed by atoms with van der Waals surface area (Å²) in [5, 5.41) is 5.84. The molecule has 0 bridgehead atoms. The van der Waals surface area contributed by atoms with Crippen LogP contribution in [0.25, 0.3) is 0 Å². The van der Waals surface area contributed by atoms with E-state index in [1.807, 2.05) is 32.0 Å². The van der Waals surface area contributed by atoms with Crippen molar-refractivity contribution >= 4 is 34.4 Å². The van der Waals surface area contributed by atoms with E-state index in [1.54, 1.807) is 0 Å². The molecule has 6 heteroatoms. The topological polar surface area (TPSA) is 70.6 Å². The number of carbonyl (C=O) groups excluding carboxylic acids is 2. The third kappa shape index (κ3) is 5.10. The maximum absolute atomic E-state index is 12.2. The largest absolute Gasteiger partial charge is 0.326 e. The van der Waals surface area contributed by atoms with Crippen molar-refractivity contribution in [3.8, 4) is 0 Å². The molecular formula is C17H23N3O2S. The van der Waals surface area contributed by atoms with Crippen LogP contribution in [0, 0.1) is 19.8 Å². The van der Waals surface area contributed by atoms with Crippen molar-refractivity contribution < 1.29 is 9.59 Å². The molecule has 1 atom stereocenters. The van der Waals surface area contributed by atoms with Crippen molar-refractivity contribution in [1.82, 2.24) is 5.32 Å². The molecule has 124 valence electrons. The van der Waals surface area contributed by atoms with Crippen molar-refractivity contribution in [3.63, 3.8) is 0 Å². The lowest BCUT2D eigenvalue weighted by Gasteiger charge is -2.10. The molecule has 2 rings (SSSR count). The van der Waals surface area contributed by atoms with Crippen LogP contribution in [0.4, 0.5) is 5.69 Å². The van der Waals surface area contributed by atoms with Gasteiger partial charge >= 0.3 is 0 Å². The molecule has 1 aliphatic rings. The Kier molecular flexibility index (Phi) is 5.82. The van der Waals surface area contributed by atoms with Gasteiger partial charge in [0.15, 0.2) is 5.17 Å². The van der Waals surface area contributed by atoms with Crippen LogP contribution in [0.15, 0.2) is 23.2 Å². The Hall–Kier alpha value is -1.82. The van der Waals surface area contributed by atoms with Crippen molar-refractivity contribution in [2.45, 2.75) is 39.4 Å². The fraction of sp³-hybridized carbons (Fsp3) is 0.471. The average molecular weight is 333 g/mol. The van der Waals surface area contributed by atoms with Crippen LogP contribution in [0.3, 0.4) is 0 Å². The number of carbonyl (C=O) groups is 2. The number of hydrogen-bond acceptors (Lipinski definition) is 4. The predicted octanol–water partition coefficient (Wildman–Crippen LogP) is 2.88. The van der Waals surface area contributed by atoms with E-state index in [2.05, 4.69) is 29.5 Å². The first-order valence-electron chi connectivity index (χ1n) is 7.74. The van der Waals surface area contributed by atoms with Crippen molar-refractivity contribution in [2.75, 3.05) is 11.9 Å². The van der Waals surface area contributed by atoms with Crippen LogP contribution in [0.2, 0.25) is 0 Å². The third-order valence-electron chi connectivity index (χ3n) is 3.41. The zero-order chi connectivity index (χ0) is 17.0. The van der Waals surface area contributed by atoms with Crippen LogP contribution in [0.5, 0.6) is 0 Å². The summed E-state index contributed by atoms with van der Waals surface area (Å²) >= 11 is 1.34. The molecule has 0 aromatic heterocycles. The summed E-state index contributed by atoms with van der Waals surface area (Å²) in [6.45, 7) is 8.74. The van der Waals surface area contributed by atoms with E-state index in [1.165, 1.54) is 11.8 Å². The maximum Gasteiger partial charge on any atom is 0.240 e. The fourth-order valence-corrected chi connectivity index (χ4v) is 3.10. The summed E-state index contributed by atoms with van der Waals surface area (Å²) in [6, 6.07) is 5.91. The summed E-state index contributed by atoms with van der Waals surface area (Å²) < 4.78 is 0. The maximum atomic E-state index is 12.2. The molecule has 2 N–H and O–H groups in total. The SMILES string of the molecule is Cc1ccc(C)c(NC(=O)CC2SC(=NCC(C)C)NC2=O)c1. The zero-order valence-electron chi connectivity index (χ0n) is 14.0. The van der Waals surface area contributed by atoms with Gasteiger partial charge in [0.25, 0.3) is 0 Å². The first-order chi connectivity index (χ1) is 10.8. The van der Waals surface area contributed by atoms with Gasteiger partial charge in [-0.1, -0.05) is 37.7 Å². The number of thioether (sulfide) groups is 1. The van der Waals surface area contributed by atoms with Gasteiger partial charge in [-0.2, -0.15) is 0 Å². The van der Waals surface area contributed by atoms with Crippen LogP contribution >= 0.6 is 11.8 Å². The molecule has 0 radical (unpaired) electrons. The van der Waals surface area contributed by atoms with Crippen LogP contribution in [-0.4, -0.2) is 28.8 Å². The van der Waals surface area contributed by atoms with Gasteiger partial charge in [0.2, 0.25) is 11.8 Å². The van der Waals surface area contributed by atoms with Gasteiger partial charge in [-0.05, 0) is 37.0 Å². The summed E-state index contributed by atoms with van der Waals surface area (Å²) in [5.41, 5.74) is 2.89. The summed E-state index contributed by atoms with van der Waals surface area (Å²) in [5.74, 6) is 0.136. The molecule has 1 fully saturated rings. The quantitative estimate of drug-likeness (QED) is 0.870. The standard InChI is InChI=1S/C17H23N3O2S/c1-10(2)9-18-17-20-16(22)14(23-17)8-15(21)19-13-7-11(3)5-6-12(13)4/h5-7,10,14H,8-9H2,1-4H3,(H,19,21)(H,18,20,22). The molecule has 1 heterocycles. The van der Waals surface area contributed by atoms with E-state index in [0.717, 1.165) is 16.8 Å². The molecule has 1 aliphatic heterocycles. The lowest BCUT2D eigenvalue weighted by molar-refractivity contribution is -0.122. The molecule has 1 aromatic rings. The van der Waals surface area contributed by atoms with Gasteiger partial charge < -0.3 is 10.6 Å². The molecule has 1 aromatic carbocycles. The van der Waals surface area contributed by atoms with Crippen LogP contribution in [-0.2, 0) is 9.59 Å². The van der Waals surface area contributed by atoms with E-state index >= 15 is 0 Å². The number of hydrogen-bond donors (Lipinski definition) is 2. The van der Waals surface area contributed by atoms with E-state index in [9.17, 15) is 9.59 Å². The molecule has 1 unspecified atom stereocenters. The van der Waals surface area contributed by atoms with Gasteiger partial charge in [-0.15, -0.1) is 0 Å². The Bertz CT molecular complexity index is 641. The van der Waals surface area contributed by atoms with Crippen molar-refractivity contribution in [2.24, 2.45) is 10.9 Å². The molecule has 0 spiro atoms. The van der Waals surface area contributed by atoms with Gasteiger partial charge in [0.05, 0.1) is 0 Å². The first-order valence-corrected chi connectivity index (χ1v) is 8.62. The van der Waals surface area contributed by atoms with Crippen molar-refractivity contribution in [1.29, 1.82) is 0 Å². The number of rotatable bonds is 5. The smallest absolute Gasteiger partial charge is 0.240 e. The number of anilines is 1. The fourth-order valence-electron chi connectivity index (χ4n) is 2.12. The Balaban J connectivity index is 1.94. The second-order valence-corrected chi connectivity index (χ2v) is 7.40.